The van der Waals surface area contributed by atoms with Crippen LogP contribution < -0.4 is 11.1 Å². The summed E-state index contributed by atoms with van der Waals surface area (Å²) in [4.78, 5) is 36.8. The first kappa shape index (κ1) is 17.3. The van der Waals surface area contributed by atoms with Crippen molar-refractivity contribution in [3.63, 3.8) is 0 Å². The summed E-state index contributed by atoms with van der Waals surface area (Å²) in [6.45, 7) is 4.84. The standard InChI is InChI=1S/C14H25N3O4/c1-4-9(2)11(16-14(15)20)12(18)17-7-5-10(6-8-17)13(19)21-3/h9-11H,4-8H2,1-3H3,(H3,15,16,20). The molecule has 3 N–H and O–H groups in total. The minimum atomic E-state index is -0.696. The molecule has 1 saturated heterocycles. The van der Waals surface area contributed by atoms with Gasteiger partial charge in [0.1, 0.15) is 6.04 Å². The van der Waals surface area contributed by atoms with Crippen molar-refractivity contribution in [3.8, 4) is 0 Å². The topological polar surface area (TPSA) is 102 Å². The molecule has 0 aromatic rings. The minimum absolute atomic E-state index is 0.00308. The van der Waals surface area contributed by atoms with Crippen LogP contribution in [-0.2, 0) is 14.3 Å². The van der Waals surface area contributed by atoms with Crippen LogP contribution in [0.25, 0.3) is 0 Å². The molecular weight excluding hydrogens is 274 g/mol. The van der Waals surface area contributed by atoms with E-state index in [4.69, 9.17) is 10.5 Å². The van der Waals surface area contributed by atoms with Gasteiger partial charge in [-0.1, -0.05) is 20.3 Å². The van der Waals surface area contributed by atoms with E-state index in [9.17, 15) is 14.4 Å². The molecule has 0 aromatic heterocycles. The van der Waals surface area contributed by atoms with Crippen LogP contribution in [0.2, 0.25) is 0 Å². The van der Waals surface area contributed by atoms with Gasteiger partial charge in [-0.15, -0.1) is 0 Å². The molecule has 21 heavy (non-hydrogen) atoms. The molecule has 0 bridgehead atoms. The SMILES string of the molecule is CCC(C)C(NC(N)=O)C(=O)N1CCC(C(=O)OC)CC1. The summed E-state index contributed by atoms with van der Waals surface area (Å²) in [6.07, 6.45) is 1.93. The Labute approximate surface area is 125 Å². The smallest absolute Gasteiger partial charge is 0.312 e. The minimum Gasteiger partial charge on any atom is -0.469 e. The van der Waals surface area contributed by atoms with Gasteiger partial charge in [-0.05, 0) is 18.8 Å². The Balaban J connectivity index is 2.65. The number of carbonyl (C=O) groups is 3. The molecule has 2 unspecified atom stereocenters. The van der Waals surface area contributed by atoms with Gasteiger partial charge in [0.25, 0.3) is 0 Å². The van der Waals surface area contributed by atoms with Crippen LogP contribution in [0.1, 0.15) is 33.1 Å². The molecule has 7 nitrogen and oxygen atoms in total. The van der Waals surface area contributed by atoms with E-state index in [-0.39, 0.29) is 23.7 Å². The van der Waals surface area contributed by atoms with Crippen LogP contribution in [-0.4, -0.2) is 49.0 Å². The molecule has 1 aliphatic rings. The lowest BCUT2D eigenvalue weighted by molar-refractivity contribution is -0.149. The highest BCUT2D eigenvalue weighted by molar-refractivity contribution is 5.87. The number of rotatable bonds is 5. The number of hydrogen-bond acceptors (Lipinski definition) is 4. The second-order valence-electron chi connectivity index (χ2n) is 5.49. The zero-order valence-corrected chi connectivity index (χ0v) is 12.9. The van der Waals surface area contributed by atoms with E-state index >= 15 is 0 Å². The second-order valence-corrected chi connectivity index (χ2v) is 5.49. The number of primary amides is 1. The lowest BCUT2D eigenvalue weighted by atomic mass is 9.94. The average Bonchev–Trinajstić information content (AvgIpc) is 2.50. The maximum atomic E-state index is 12.5. The van der Waals surface area contributed by atoms with Gasteiger partial charge in [0.05, 0.1) is 13.0 Å². The number of nitrogens with one attached hydrogen (secondary N) is 1. The Morgan fingerprint density at radius 1 is 1.33 bits per heavy atom. The maximum Gasteiger partial charge on any atom is 0.312 e. The van der Waals surface area contributed by atoms with Crippen molar-refractivity contribution in [2.45, 2.75) is 39.2 Å². The Kier molecular flexibility index (Phi) is 6.45. The number of esters is 1. The molecule has 1 aliphatic heterocycles. The Morgan fingerprint density at radius 2 is 1.90 bits per heavy atom. The highest BCUT2D eigenvalue weighted by atomic mass is 16.5. The van der Waals surface area contributed by atoms with Crippen molar-refractivity contribution in [1.29, 1.82) is 0 Å². The lowest BCUT2D eigenvalue weighted by Gasteiger charge is -2.34. The molecule has 0 spiro atoms. The number of urea groups is 1. The second kappa shape index (κ2) is 7.85. The molecule has 3 amide bonds. The number of likely N-dealkylation sites (tertiary alicyclic amines) is 1. The number of methoxy groups -OCH3 is 1. The van der Waals surface area contributed by atoms with Crippen molar-refractivity contribution in [1.82, 2.24) is 10.2 Å². The van der Waals surface area contributed by atoms with Gasteiger partial charge in [0, 0.05) is 13.1 Å². The summed E-state index contributed by atoms with van der Waals surface area (Å²) >= 11 is 0. The van der Waals surface area contributed by atoms with Gasteiger partial charge in [-0.2, -0.15) is 0 Å². The summed E-state index contributed by atoms with van der Waals surface area (Å²) in [5.41, 5.74) is 5.15. The largest absolute Gasteiger partial charge is 0.469 e. The van der Waals surface area contributed by atoms with Crippen molar-refractivity contribution in [3.05, 3.63) is 0 Å². The van der Waals surface area contributed by atoms with Crippen molar-refractivity contribution in [2.24, 2.45) is 17.6 Å². The number of carbonyl (C=O) groups excluding carboxylic acids is 3. The normalized spacial score (nSPS) is 18.7. The average molecular weight is 299 g/mol. The summed E-state index contributed by atoms with van der Waals surface area (Å²) < 4.78 is 4.73. The van der Waals surface area contributed by atoms with Gasteiger partial charge < -0.3 is 20.7 Å². The third-order valence-electron chi connectivity index (χ3n) is 4.12. The number of amides is 3. The summed E-state index contributed by atoms with van der Waals surface area (Å²) in [5, 5.41) is 2.53. The monoisotopic (exact) mass is 299 g/mol. The first-order valence-corrected chi connectivity index (χ1v) is 7.33. The van der Waals surface area contributed by atoms with Crippen molar-refractivity contribution < 1.29 is 19.1 Å². The fraction of sp³-hybridized carbons (Fsp3) is 0.786. The van der Waals surface area contributed by atoms with Crippen LogP contribution in [0.3, 0.4) is 0 Å². The van der Waals surface area contributed by atoms with Crippen LogP contribution in [0, 0.1) is 11.8 Å². The van der Waals surface area contributed by atoms with Gasteiger partial charge >= 0.3 is 12.0 Å². The predicted molar refractivity (Wildman–Crippen MR) is 77.3 cm³/mol. The predicted octanol–water partition coefficient (Wildman–Crippen LogP) is 0.481. The number of nitrogens with zero attached hydrogens (tertiary/aromatic N) is 1. The Morgan fingerprint density at radius 3 is 2.33 bits per heavy atom. The maximum absolute atomic E-state index is 12.5. The van der Waals surface area contributed by atoms with E-state index < -0.39 is 12.1 Å². The number of nitrogens with two attached hydrogens (primary N) is 1. The fourth-order valence-electron chi connectivity index (χ4n) is 2.54. The lowest BCUT2D eigenvalue weighted by Crippen LogP contribution is -2.54. The molecule has 1 rings (SSSR count). The molecule has 120 valence electrons. The third-order valence-corrected chi connectivity index (χ3v) is 4.12. The molecule has 7 heteroatoms. The molecular formula is C14H25N3O4. The van der Waals surface area contributed by atoms with Crippen LogP contribution >= 0.6 is 0 Å². The highest BCUT2D eigenvalue weighted by Gasteiger charge is 2.33. The Bertz CT molecular complexity index is 392. The zero-order chi connectivity index (χ0) is 16.0. The van der Waals surface area contributed by atoms with Crippen LogP contribution in [0.5, 0.6) is 0 Å². The summed E-state index contributed by atoms with van der Waals surface area (Å²) in [7, 11) is 1.37. The number of ether oxygens (including phenoxy) is 1. The summed E-state index contributed by atoms with van der Waals surface area (Å²) in [6, 6.07) is -1.31. The van der Waals surface area contributed by atoms with Crippen LogP contribution in [0.4, 0.5) is 4.79 Å². The molecule has 1 heterocycles. The Hall–Kier alpha value is -1.79. The van der Waals surface area contributed by atoms with Gasteiger partial charge in [-0.3, -0.25) is 9.59 Å². The third kappa shape index (κ3) is 4.61. The molecule has 0 aromatic carbocycles. The highest BCUT2D eigenvalue weighted by Crippen LogP contribution is 2.20. The van der Waals surface area contributed by atoms with Gasteiger partial charge in [-0.25, -0.2) is 4.79 Å². The number of piperidine rings is 1. The molecule has 0 saturated carbocycles. The zero-order valence-electron chi connectivity index (χ0n) is 12.9. The van der Waals surface area contributed by atoms with Crippen molar-refractivity contribution in [2.75, 3.05) is 20.2 Å². The van der Waals surface area contributed by atoms with Gasteiger partial charge in [0.15, 0.2) is 0 Å². The molecule has 1 fully saturated rings. The van der Waals surface area contributed by atoms with Crippen LogP contribution in [0.15, 0.2) is 0 Å². The van der Waals surface area contributed by atoms with E-state index in [1.165, 1.54) is 7.11 Å². The van der Waals surface area contributed by atoms with E-state index in [1.54, 1.807) is 4.90 Å². The molecule has 0 radical (unpaired) electrons. The molecule has 0 aliphatic carbocycles. The molecule has 2 atom stereocenters. The van der Waals surface area contributed by atoms with Crippen molar-refractivity contribution >= 4 is 17.9 Å². The summed E-state index contributed by atoms with van der Waals surface area (Å²) in [5.74, 6) is -0.504. The van der Waals surface area contributed by atoms with E-state index in [2.05, 4.69) is 5.32 Å². The fourth-order valence-corrected chi connectivity index (χ4v) is 2.54. The van der Waals surface area contributed by atoms with E-state index in [0.29, 0.717) is 25.9 Å². The van der Waals surface area contributed by atoms with E-state index in [0.717, 1.165) is 6.42 Å². The quantitative estimate of drug-likeness (QED) is 0.721. The number of hydrogen-bond donors (Lipinski definition) is 2. The first-order chi connectivity index (χ1) is 9.90. The van der Waals surface area contributed by atoms with E-state index in [1.807, 2.05) is 13.8 Å². The van der Waals surface area contributed by atoms with Gasteiger partial charge in [0.2, 0.25) is 5.91 Å². The first-order valence-electron chi connectivity index (χ1n) is 7.33.